The highest BCUT2D eigenvalue weighted by atomic mass is 35.5. The normalized spacial score (nSPS) is 16.8. The number of benzene rings is 2. The third-order valence-electron chi connectivity index (χ3n) is 4.31. The Balaban J connectivity index is 1.55. The number of carbonyl (C=O) groups is 2. The molecule has 2 amide bonds. The van der Waals surface area contributed by atoms with E-state index in [1.54, 1.807) is 6.07 Å². The van der Waals surface area contributed by atoms with Gasteiger partial charge >= 0.3 is 0 Å². The number of nitrogens with one attached hydrogen (secondary N) is 1. The molecule has 1 fully saturated rings. The van der Waals surface area contributed by atoms with Crippen LogP contribution in [-0.2, 0) is 16.0 Å². The minimum absolute atomic E-state index is 0.0512. The van der Waals surface area contributed by atoms with Crippen LogP contribution < -0.4 is 10.2 Å². The molecular formula is C19H17Cl2FN2O2. The second kappa shape index (κ2) is 8.06. The first-order chi connectivity index (χ1) is 12.4. The fourth-order valence-electron chi connectivity index (χ4n) is 2.95. The molecule has 3 rings (SSSR count). The van der Waals surface area contributed by atoms with Gasteiger partial charge in [-0.05, 0) is 42.3 Å². The van der Waals surface area contributed by atoms with Crippen LogP contribution >= 0.6 is 23.2 Å². The largest absolute Gasteiger partial charge is 0.355 e. The Kier molecular flexibility index (Phi) is 5.79. The van der Waals surface area contributed by atoms with Crippen LogP contribution in [-0.4, -0.2) is 24.9 Å². The number of carbonyl (C=O) groups excluding carboxylic acids is 2. The fourth-order valence-corrected chi connectivity index (χ4v) is 3.34. The number of halogens is 3. The molecule has 0 bridgehead atoms. The van der Waals surface area contributed by atoms with Gasteiger partial charge in [-0.25, -0.2) is 4.39 Å². The van der Waals surface area contributed by atoms with Gasteiger partial charge in [0.2, 0.25) is 11.8 Å². The van der Waals surface area contributed by atoms with Crippen molar-refractivity contribution in [3.05, 3.63) is 63.9 Å². The molecule has 2 aromatic carbocycles. The lowest BCUT2D eigenvalue weighted by Gasteiger charge is -2.17. The lowest BCUT2D eigenvalue weighted by Crippen LogP contribution is -2.34. The predicted octanol–water partition coefficient (Wildman–Crippen LogP) is 3.84. The zero-order valence-corrected chi connectivity index (χ0v) is 15.4. The second-order valence-electron chi connectivity index (χ2n) is 6.17. The van der Waals surface area contributed by atoms with Crippen molar-refractivity contribution in [1.82, 2.24) is 5.32 Å². The van der Waals surface area contributed by atoms with Crippen molar-refractivity contribution in [2.24, 2.45) is 5.92 Å². The molecule has 0 aromatic heterocycles. The van der Waals surface area contributed by atoms with Crippen molar-refractivity contribution in [1.29, 1.82) is 0 Å². The Morgan fingerprint density at radius 2 is 2.04 bits per heavy atom. The minimum atomic E-state index is -0.544. The van der Waals surface area contributed by atoms with Crippen molar-refractivity contribution >= 4 is 40.7 Å². The maximum Gasteiger partial charge on any atom is 0.227 e. The highest BCUT2D eigenvalue weighted by Crippen LogP contribution is 2.28. The Morgan fingerprint density at radius 3 is 2.77 bits per heavy atom. The van der Waals surface area contributed by atoms with Crippen molar-refractivity contribution in [2.45, 2.75) is 12.8 Å². The lowest BCUT2D eigenvalue weighted by molar-refractivity contribution is -0.126. The summed E-state index contributed by atoms with van der Waals surface area (Å²) in [5.41, 5.74) is 1.53. The highest BCUT2D eigenvalue weighted by molar-refractivity contribution is 6.31. The number of amides is 2. The van der Waals surface area contributed by atoms with Gasteiger partial charge in [-0.3, -0.25) is 9.59 Å². The molecule has 4 nitrogen and oxygen atoms in total. The summed E-state index contributed by atoms with van der Waals surface area (Å²) in [6, 6.07) is 11.5. The summed E-state index contributed by atoms with van der Waals surface area (Å²) in [4.78, 5) is 26.0. The van der Waals surface area contributed by atoms with Gasteiger partial charge in [0, 0.05) is 30.2 Å². The molecule has 1 aliphatic heterocycles. The van der Waals surface area contributed by atoms with Crippen molar-refractivity contribution in [3.8, 4) is 0 Å². The van der Waals surface area contributed by atoms with Gasteiger partial charge in [0.1, 0.15) is 5.82 Å². The molecule has 1 unspecified atom stereocenters. The van der Waals surface area contributed by atoms with E-state index in [0.29, 0.717) is 23.7 Å². The summed E-state index contributed by atoms with van der Waals surface area (Å²) in [7, 11) is 0. The monoisotopic (exact) mass is 394 g/mol. The van der Waals surface area contributed by atoms with Gasteiger partial charge in [-0.15, -0.1) is 0 Å². The van der Waals surface area contributed by atoms with Crippen LogP contribution in [0, 0.1) is 11.7 Å². The van der Waals surface area contributed by atoms with E-state index in [4.69, 9.17) is 23.2 Å². The van der Waals surface area contributed by atoms with Crippen LogP contribution in [0.15, 0.2) is 42.5 Å². The molecule has 1 saturated heterocycles. The maximum atomic E-state index is 13.3. The Labute approximate surface area is 160 Å². The molecule has 7 heteroatoms. The van der Waals surface area contributed by atoms with E-state index >= 15 is 0 Å². The van der Waals surface area contributed by atoms with E-state index in [9.17, 15) is 14.0 Å². The predicted molar refractivity (Wildman–Crippen MR) is 100 cm³/mol. The number of anilines is 1. The number of rotatable bonds is 5. The molecule has 0 radical (unpaired) electrons. The second-order valence-corrected chi connectivity index (χ2v) is 7.02. The average molecular weight is 395 g/mol. The Hall–Kier alpha value is -2.11. The van der Waals surface area contributed by atoms with E-state index < -0.39 is 11.7 Å². The summed E-state index contributed by atoms with van der Waals surface area (Å²) in [5.74, 6) is -1.33. The van der Waals surface area contributed by atoms with Crippen LogP contribution in [0.2, 0.25) is 10.0 Å². The van der Waals surface area contributed by atoms with Crippen molar-refractivity contribution in [2.75, 3.05) is 18.0 Å². The standard InChI is InChI=1S/C19H17Cl2FN2O2/c20-14-3-1-2-12(8-14)6-7-23-19(26)13-9-18(25)24(11-13)15-4-5-17(22)16(21)10-15/h1-5,8,10,13H,6-7,9,11H2,(H,23,26). The topological polar surface area (TPSA) is 49.4 Å². The Morgan fingerprint density at radius 1 is 1.23 bits per heavy atom. The van der Waals surface area contributed by atoms with Gasteiger partial charge in [0.05, 0.1) is 10.9 Å². The molecule has 2 aromatic rings. The zero-order valence-electron chi connectivity index (χ0n) is 13.8. The third kappa shape index (κ3) is 4.34. The molecule has 0 spiro atoms. The molecular weight excluding hydrogens is 378 g/mol. The molecule has 1 aliphatic rings. The van der Waals surface area contributed by atoms with E-state index in [1.807, 2.05) is 18.2 Å². The van der Waals surface area contributed by atoms with Crippen molar-refractivity contribution in [3.63, 3.8) is 0 Å². The Bertz CT molecular complexity index is 844. The summed E-state index contributed by atoms with van der Waals surface area (Å²) in [6.07, 6.45) is 0.780. The first-order valence-electron chi connectivity index (χ1n) is 8.21. The van der Waals surface area contributed by atoms with Crippen LogP contribution in [0.3, 0.4) is 0 Å². The number of hydrogen-bond donors (Lipinski definition) is 1. The van der Waals surface area contributed by atoms with Gasteiger partial charge < -0.3 is 10.2 Å². The molecule has 1 atom stereocenters. The van der Waals surface area contributed by atoms with Gasteiger partial charge in [0.15, 0.2) is 0 Å². The van der Waals surface area contributed by atoms with E-state index in [0.717, 1.165) is 5.56 Å². The van der Waals surface area contributed by atoms with E-state index in [1.165, 1.54) is 23.1 Å². The van der Waals surface area contributed by atoms with Gasteiger partial charge in [0.25, 0.3) is 0 Å². The van der Waals surface area contributed by atoms with E-state index in [2.05, 4.69) is 5.32 Å². The zero-order chi connectivity index (χ0) is 18.7. The van der Waals surface area contributed by atoms with Crippen LogP contribution in [0.4, 0.5) is 10.1 Å². The summed E-state index contributed by atoms with van der Waals surface area (Å²) < 4.78 is 13.3. The molecule has 1 N–H and O–H groups in total. The summed E-state index contributed by atoms with van der Waals surface area (Å²) >= 11 is 11.7. The first-order valence-corrected chi connectivity index (χ1v) is 8.97. The van der Waals surface area contributed by atoms with Crippen LogP contribution in [0.5, 0.6) is 0 Å². The van der Waals surface area contributed by atoms with Crippen LogP contribution in [0.1, 0.15) is 12.0 Å². The lowest BCUT2D eigenvalue weighted by atomic mass is 10.1. The quantitative estimate of drug-likeness (QED) is 0.837. The first kappa shape index (κ1) is 18.7. The van der Waals surface area contributed by atoms with Gasteiger partial charge in [-0.1, -0.05) is 35.3 Å². The van der Waals surface area contributed by atoms with Crippen LogP contribution in [0.25, 0.3) is 0 Å². The number of hydrogen-bond acceptors (Lipinski definition) is 2. The minimum Gasteiger partial charge on any atom is -0.355 e. The molecule has 136 valence electrons. The maximum absolute atomic E-state index is 13.3. The number of nitrogens with zero attached hydrogens (tertiary/aromatic N) is 1. The smallest absolute Gasteiger partial charge is 0.227 e. The van der Waals surface area contributed by atoms with Gasteiger partial charge in [-0.2, -0.15) is 0 Å². The highest BCUT2D eigenvalue weighted by Gasteiger charge is 2.35. The van der Waals surface area contributed by atoms with E-state index in [-0.39, 0.29) is 29.8 Å². The average Bonchev–Trinajstić information content (AvgIpc) is 2.99. The molecule has 0 saturated carbocycles. The third-order valence-corrected chi connectivity index (χ3v) is 4.84. The summed E-state index contributed by atoms with van der Waals surface area (Å²) in [6.45, 7) is 0.718. The fraction of sp³-hybridized carbons (Fsp3) is 0.263. The van der Waals surface area contributed by atoms with Crippen molar-refractivity contribution < 1.29 is 14.0 Å². The molecule has 0 aliphatic carbocycles. The molecule has 1 heterocycles. The SMILES string of the molecule is O=C(NCCc1cccc(Cl)c1)C1CC(=O)N(c2ccc(F)c(Cl)c2)C1. The molecule has 26 heavy (non-hydrogen) atoms. The summed E-state index contributed by atoms with van der Waals surface area (Å²) in [5, 5.41) is 3.46.